The molecule has 0 aliphatic rings. The van der Waals surface area contributed by atoms with E-state index in [-0.39, 0.29) is 5.91 Å². The Morgan fingerprint density at radius 2 is 2.39 bits per heavy atom. The maximum Gasteiger partial charge on any atom is 0.248 e. The molecular formula is C14H16N2O2. The fraction of sp³-hybridized carbons (Fsp3) is 0.286. The first-order valence-corrected chi connectivity index (χ1v) is 5.79. The molecule has 4 heteroatoms. The smallest absolute Gasteiger partial charge is 0.248 e. The van der Waals surface area contributed by atoms with Crippen molar-refractivity contribution in [1.82, 2.24) is 0 Å². The Bertz CT molecular complexity index is 461. The first-order valence-electron chi connectivity index (χ1n) is 5.79. The summed E-state index contributed by atoms with van der Waals surface area (Å²) in [6.07, 6.45) is 4.32. The fourth-order valence-electron chi connectivity index (χ4n) is 1.34. The standard InChI is InChI=1S/C14H16N2O2/c1-2-6-14(17)16-12-7-5-8-13(11-12)18-10-4-3-9-15/h2,5-8,11H,3-4,10H2,1H3,(H,16,17). The highest BCUT2D eigenvalue weighted by molar-refractivity contribution is 5.99. The molecule has 0 bridgehead atoms. The molecule has 0 spiro atoms. The minimum Gasteiger partial charge on any atom is -0.493 e. The van der Waals surface area contributed by atoms with E-state index in [1.54, 1.807) is 25.1 Å². The van der Waals surface area contributed by atoms with E-state index in [2.05, 4.69) is 11.4 Å². The highest BCUT2D eigenvalue weighted by Gasteiger charge is 1.99. The Kier molecular flexibility index (Phi) is 6.05. The molecule has 0 radical (unpaired) electrons. The number of carbonyl (C=O) groups is 1. The van der Waals surface area contributed by atoms with E-state index in [1.165, 1.54) is 6.08 Å². The van der Waals surface area contributed by atoms with E-state index < -0.39 is 0 Å². The molecule has 0 unspecified atom stereocenters. The van der Waals surface area contributed by atoms with E-state index >= 15 is 0 Å². The second-order valence-electron chi connectivity index (χ2n) is 3.63. The summed E-state index contributed by atoms with van der Waals surface area (Å²) in [6, 6.07) is 9.24. The monoisotopic (exact) mass is 244 g/mol. The maximum atomic E-state index is 11.3. The summed E-state index contributed by atoms with van der Waals surface area (Å²) in [5.74, 6) is 0.519. The molecule has 94 valence electrons. The van der Waals surface area contributed by atoms with Gasteiger partial charge in [0.1, 0.15) is 5.75 Å². The quantitative estimate of drug-likeness (QED) is 0.618. The zero-order chi connectivity index (χ0) is 13.2. The van der Waals surface area contributed by atoms with Gasteiger partial charge in [-0.25, -0.2) is 0 Å². The van der Waals surface area contributed by atoms with Crippen LogP contribution in [0, 0.1) is 11.3 Å². The Hall–Kier alpha value is -2.28. The van der Waals surface area contributed by atoms with E-state index in [0.29, 0.717) is 30.9 Å². The molecule has 1 rings (SSSR count). The molecule has 1 N–H and O–H groups in total. The largest absolute Gasteiger partial charge is 0.493 e. The Morgan fingerprint density at radius 3 is 3.11 bits per heavy atom. The predicted octanol–water partition coefficient (Wildman–Crippen LogP) is 2.88. The van der Waals surface area contributed by atoms with Crippen LogP contribution in [0.15, 0.2) is 36.4 Å². The van der Waals surface area contributed by atoms with Crippen LogP contribution in [0.2, 0.25) is 0 Å². The maximum absolute atomic E-state index is 11.3. The van der Waals surface area contributed by atoms with Gasteiger partial charge >= 0.3 is 0 Å². The van der Waals surface area contributed by atoms with E-state index in [0.717, 1.165) is 0 Å². The van der Waals surface area contributed by atoms with Gasteiger partial charge in [0.15, 0.2) is 0 Å². The summed E-state index contributed by atoms with van der Waals surface area (Å²) >= 11 is 0. The number of ether oxygens (including phenoxy) is 1. The van der Waals surface area contributed by atoms with Gasteiger partial charge in [-0.3, -0.25) is 4.79 Å². The van der Waals surface area contributed by atoms with Crippen molar-refractivity contribution >= 4 is 11.6 Å². The van der Waals surface area contributed by atoms with Crippen LogP contribution in [-0.2, 0) is 4.79 Å². The molecule has 0 aromatic heterocycles. The van der Waals surface area contributed by atoms with Crippen molar-refractivity contribution in [2.45, 2.75) is 19.8 Å². The number of anilines is 1. The van der Waals surface area contributed by atoms with Gasteiger partial charge in [0.25, 0.3) is 0 Å². The fourth-order valence-corrected chi connectivity index (χ4v) is 1.34. The SMILES string of the molecule is CC=CC(=O)Nc1cccc(OCCCC#N)c1. The number of rotatable bonds is 6. The van der Waals surface area contributed by atoms with Crippen molar-refractivity contribution in [3.8, 4) is 11.8 Å². The van der Waals surface area contributed by atoms with Gasteiger partial charge in [0.2, 0.25) is 5.91 Å². The number of hydrogen-bond donors (Lipinski definition) is 1. The van der Waals surface area contributed by atoms with Crippen LogP contribution in [0.25, 0.3) is 0 Å². The van der Waals surface area contributed by atoms with Crippen molar-refractivity contribution in [3.05, 3.63) is 36.4 Å². The number of nitriles is 1. The first-order chi connectivity index (χ1) is 8.76. The molecule has 18 heavy (non-hydrogen) atoms. The molecule has 1 amide bonds. The van der Waals surface area contributed by atoms with E-state index in [4.69, 9.17) is 10.00 Å². The average molecular weight is 244 g/mol. The van der Waals surface area contributed by atoms with Gasteiger partial charge in [0, 0.05) is 18.2 Å². The molecular weight excluding hydrogens is 228 g/mol. The third kappa shape index (κ3) is 5.17. The minimum absolute atomic E-state index is 0.167. The van der Waals surface area contributed by atoms with Crippen LogP contribution in [0.1, 0.15) is 19.8 Å². The first kappa shape index (κ1) is 13.8. The molecule has 0 fully saturated rings. The highest BCUT2D eigenvalue weighted by Crippen LogP contribution is 2.17. The van der Waals surface area contributed by atoms with Crippen LogP contribution in [0.4, 0.5) is 5.69 Å². The molecule has 1 aromatic rings. The summed E-state index contributed by atoms with van der Waals surface area (Å²) in [6.45, 7) is 2.29. The number of carbonyl (C=O) groups excluding carboxylic acids is 1. The van der Waals surface area contributed by atoms with Crippen LogP contribution in [-0.4, -0.2) is 12.5 Å². The molecule has 1 aromatic carbocycles. The lowest BCUT2D eigenvalue weighted by molar-refractivity contribution is -0.111. The zero-order valence-electron chi connectivity index (χ0n) is 10.3. The number of amides is 1. The van der Waals surface area contributed by atoms with Gasteiger partial charge in [-0.1, -0.05) is 12.1 Å². The predicted molar refractivity (Wildman–Crippen MR) is 70.2 cm³/mol. The van der Waals surface area contributed by atoms with Crippen LogP contribution in [0.5, 0.6) is 5.75 Å². The van der Waals surface area contributed by atoms with Crippen LogP contribution >= 0.6 is 0 Å². The van der Waals surface area contributed by atoms with Crippen LogP contribution in [0.3, 0.4) is 0 Å². The van der Waals surface area contributed by atoms with Crippen molar-refractivity contribution < 1.29 is 9.53 Å². The summed E-state index contributed by atoms with van der Waals surface area (Å²) in [4.78, 5) is 11.3. The second kappa shape index (κ2) is 7.91. The normalized spacial score (nSPS) is 10.0. The van der Waals surface area contributed by atoms with Crippen molar-refractivity contribution in [2.75, 3.05) is 11.9 Å². The van der Waals surface area contributed by atoms with Gasteiger partial charge in [0.05, 0.1) is 12.7 Å². The Balaban J connectivity index is 2.51. The van der Waals surface area contributed by atoms with Crippen molar-refractivity contribution in [3.63, 3.8) is 0 Å². The highest BCUT2D eigenvalue weighted by atomic mass is 16.5. The van der Waals surface area contributed by atoms with Gasteiger partial charge in [-0.15, -0.1) is 0 Å². The van der Waals surface area contributed by atoms with E-state index in [1.807, 2.05) is 12.1 Å². The Morgan fingerprint density at radius 1 is 1.56 bits per heavy atom. The van der Waals surface area contributed by atoms with Crippen molar-refractivity contribution in [1.29, 1.82) is 5.26 Å². The lowest BCUT2D eigenvalue weighted by atomic mass is 10.3. The second-order valence-corrected chi connectivity index (χ2v) is 3.63. The molecule has 0 heterocycles. The number of unbranched alkanes of at least 4 members (excludes halogenated alkanes) is 1. The van der Waals surface area contributed by atoms with Gasteiger partial charge < -0.3 is 10.1 Å². The van der Waals surface area contributed by atoms with Gasteiger partial charge in [-0.05, 0) is 31.6 Å². The molecule has 0 saturated carbocycles. The number of nitrogens with one attached hydrogen (secondary N) is 1. The summed E-state index contributed by atoms with van der Waals surface area (Å²) in [5, 5.41) is 11.1. The lowest BCUT2D eigenvalue weighted by Crippen LogP contribution is -2.07. The molecule has 4 nitrogen and oxygen atoms in total. The molecule has 0 aliphatic carbocycles. The zero-order valence-corrected chi connectivity index (χ0v) is 10.3. The summed E-state index contributed by atoms with van der Waals surface area (Å²) in [7, 11) is 0. The molecule has 0 atom stereocenters. The third-order valence-electron chi connectivity index (χ3n) is 2.12. The minimum atomic E-state index is -0.167. The van der Waals surface area contributed by atoms with E-state index in [9.17, 15) is 4.79 Å². The molecule has 0 saturated heterocycles. The number of nitrogens with zero attached hydrogens (tertiary/aromatic N) is 1. The average Bonchev–Trinajstić information content (AvgIpc) is 2.35. The topological polar surface area (TPSA) is 62.1 Å². The van der Waals surface area contributed by atoms with Crippen LogP contribution < -0.4 is 10.1 Å². The van der Waals surface area contributed by atoms with Crippen molar-refractivity contribution in [2.24, 2.45) is 0 Å². The summed E-state index contributed by atoms with van der Waals surface area (Å²) < 4.78 is 5.47. The number of benzene rings is 1. The lowest BCUT2D eigenvalue weighted by Gasteiger charge is -2.07. The number of allylic oxidation sites excluding steroid dienone is 1. The number of hydrogen-bond acceptors (Lipinski definition) is 3. The molecule has 0 aliphatic heterocycles. The summed E-state index contributed by atoms with van der Waals surface area (Å²) in [5.41, 5.74) is 0.691. The Labute approximate surface area is 107 Å². The van der Waals surface area contributed by atoms with Gasteiger partial charge in [-0.2, -0.15) is 5.26 Å². The third-order valence-corrected chi connectivity index (χ3v) is 2.12.